The van der Waals surface area contributed by atoms with Crippen LogP contribution >= 0.6 is 7.82 Å². The van der Waals surface area contributed by atoms with Crippen molar-refractivity contribution in [3.8, 4) is 6.07 Å². The fourth-order valence-corrected chi connectivity index (χ4v) is 10.3. The maximum absolute atomic E-state index is 12.9. The Labute approximate surface area is 427 Å². The van der Waals surface area contributed by atoms with Gasteiger partial charge in [-0.3, -0.25) is 9.32 Å². The number of likely N-dealkylation sites (N-methyl/N-ethyl adjacent to an activating group) is 1. The Morgan fingerprint density at radius 1 is 1.04 bits per heavy atom. The van der Waals surface area contributed by atoms with Crippen molar-refractivity contribution in [2.45, 2.75) is 174 Å². The number of aromatic nitrogens is 1. The van der Waals surface area contributed by atoms with Gasteiger partial charge in [0, 0.05) is 75.4 Å². The SMILES string of the molecule is COCC(C(O)C(O)C(=O)NC(C)CC(C)c1nc(C=CCC2OC3(CC(O)C2C)OC(C(CC(OC)C(C)C(O)C(C)C=C(C)C(C)=CC=CC(C)=CC#N)OC)C(OP(=O)(O)O)C3(C)C)co1)N(C)C. The van der Waals surface area contributed by atoms with E-state index < -0.39 is 97.9 Å². The molecule has 2 aliphatic heterocycles. The highest BCUT2D eigenvalue weighted by atomic mass is 31.2. The zero-order valence-corrected chi connectivity index (χ0v) is 45.9. The number of carbonyl (C=O) groups excluding carboxylic acids is 1. The molecular formula is C52H85N4O15P. The van der Waals surface area contributed by atoms with Gasteiger partial charge in [-0.2, -0.15) is 5.26 Å². The summed E-state index contributed by atoms with van der Waals surface area (Å²) in [5, 5.41) is 56.2. The number of nitrogens with zero attached hydrogens (tertiary/aromatic N) is 3. The number of phosphoric ester groups is 1. The van der Waals surface area contributed by atoms with Crippen molar-refractivity contribution < 1.29 is 72.2 Å². The van der Waals surface area contributed by atoms with Gasteiger partial charge in [-0.15, -0.1) is 0 Å². The minimum absolute atomic E-state index is 0.0332. The lowest BCUT2D eigenvalue weighted by atomic mass is 9.72. The molecule has 2 aliphatic rings. The third kappa shape index (κ3) is 16.8. The van der Waals surface area contributed by atoms with Gasteiger partial charge < -0.3 is 68.5 Å². The Kier molecular flexibility index (Phi) is 24.4. The van der Waals surface area contributed by atoms with Crippen LogP contribution in [-0.4, -0.2) is 161 Å². The average Bonchev–Trinajstić information content (AvgIpc) is 3.85. The second-order valence-electron chi connectivity index (χ2n) is 20.6. The molecule has 408 valence electrons. The van der Waals surface area contributed by atoms with Crippen LogP contribution in [0.4, 0.5) is 0 Å². The molecule has 2 fully saturated rings. The molecule has 2 saturated heterocycles. The third-order valence-corrected chi connectivity index (χ3v) is 15.0. The predicted octanol–water partition coefficient (Wildman–Crippen LogP) is 5.73. The average molecular weight is 1040 g/mol. The van der Waals surface area contributed by atoms with E-state index >= 15 is 0 Å². The summed E-state index contributed by atoms with van der Waals surface area (Å²) in [6.45, 7) is 18.6. The van der Waals surface area contributed by atoms with Crippen molar-refractivity contribution in [1.82, 2.24) is 15.2 Å². The van der Waals surface area contributed by atoms with Crippen LogP contribution in [-0.2, 0) is 37.6 Å². The predicted molar refractivity (Wildman–Crippen MR) is 272 cm³/mol. The van der Waals surface area contributed by atoms with Crippen LogP contribution in [0.1, 0.15) is 112 Å². The van der Waals surface area contributed by atoms with Crippen molar-refractivity contribution >= 4 is 19.8 Å². The summed E-state index contributed by atoms with van der Waals surface area (Å²) >= 11 is 0. The Morgan fingerprint density at radius 2 is 1.71 bits per heavy atom. The minimum Gasteiger partial charge on any atom is -0.448 e. The first-order chi connectivity index (χ1) is 33.6. The zero-order chi connectivity index (χ0) is 54.5. The Morgan fingerprint density at radius 3 is 2.29 bits per heavy atom. The highest BCUT2D eigenvalue weighted by Crippen LogP contribution is 2.59. The second kappa shape index (κ2) is 27.9. The van der Waals surface area contributed by atoms with E-state index in [9.17, 15) is 39.6 Å². The molecule has 3 rings (SSSR count). The zero-order valence-electron chi connectivity index (χ0n) is 45.0. The molecule has 7 N–H and O–H groups in total. The monoisotopic (exact) mass is 1040 g/mol. The molecule has 72 heavy (non-hydrogen) atoms. The second-order valence-corrected chi connectivity index (χ2v) is 21.8. The fourth-order valence-electron chi connectivity index (χ4n) is 9.64. The topological polar surface area (TPSA) is 276 Å². The lowest BCUT2D eigenvalue weighted by Crippen LogP contribution is -2.58. The number of ether oxygens (including phenoxy) is 5. The molecule has 0 radical (unpaired) electrons. The summed E-state index contributed by atoms with van der Waals surface area (Å²) < 4.78 is 54.8. The van der Waals surface area contributed by atoms with Gasteiger partial charge in [-0.05, 0) is 71.9 Å². The highest BCUT2D eigenvalue weighted by Gasteiger charge is 2.68. The van der Waals surface area contributed by atoms with Gasteiger partial charge >= 0.3 is 7.82 Å². The summed E-state index contributed by atoms with van der Waals surface area (Å²) in [5.74, 6) is -3.27. The number of allylic oxidation sites excluding steroid dienone is 7. The molecule has 1 spiro atoms. The number of methoxy groups -OCH3 is 3. The van der Waals surface area contributed by atoms with Gasteiger partial charge in [0.05, 0.1) is 49.2 Å². The van der Waals surface area contributed by atoms with Crippen LogP contribution in [0.25, 0.3) is 6.08 Å². The third-order valence-electron chi connectivity index (χ3n) is 14.5. The molecule has 0 aliphatic carbocycles. The number of hydrogen-bond donors (Lipinski definition) is 7. The molecule has 1 amide bonds. The van der Waals surface area contributed by atoms with Crippen molar-refractivity contribution in [2.24, 2.45) is 23.2 Å². The number of aliphatic hydroxyl groups is 4. The van der Waals surface area contributed by atoms with Crippen LogP contribution in [0.2, 0.25) is 0 Å². The van der Waals surface area contributed by atoms with E-state index in [0.717, 1.165) is 16.7 Å². The number of rotatable bonds is 27. The van der Waals surface area contributed by atoms with Gasteiger partial charge in [0.1, 0.15) is 30.3 Å². The highest BCUT2D eigenvalue weighted by molar-refractivity contribution is 7.46. The van der Waals surface area contributed by atoms with Crippen LogP contribution in [0.3, 0.4) is 0 Å². The minimum atomic E-state index is -5.13. The van der Waals surface area contributed by atoms with Crippen molar-refractivity contribution in [1.29, 1.82) is 5.26 Å². The van der Waals surface area contributed by atoms with Gasteiger partial charge in [-0.25, -0.2) is 9.55 Å². The smallest absolute Gasteiger partial charge is 0.448 e. The lowest BCUT2D eigenvalue weighted by Gasteiger charge is -2.50. The largest absolute Gasteiger partial charge is 0.469 e. The Balaban J connectivity index is 1.78. The first-order valence-electron chi connectivity index (χ1n) is 24.6. The Hall–Kier alpha value is -3.42. The number of oxazole rings is 1. The summed E-state index contributed by atoms with van der Waals surface area (Å²) in [6.07, 6.45) is 5.58. The van der Waals surface area contributed by atoms with Gasteiger partial charge in [-0.1, -0.05) is 77.5 Å². The first kappa shape index (κ1) is 62.9. The van der Waals surface area contributed by atoms with Gasteiger partial charge in [0.15, 0.2) is 17.8 Å². The number of hydrogen-bond acceptors (Lipinski definition) is 16. The lowest BCUT2D eigenvalue weighted by molar-refractivity contribution is -0.334. The maximum Gasteiger partial charge on any atom is 0.469 e. The quantitative estimate of drug-likeness (QED) is 0.0315. The van der Waals surface area contributed by atoms with Crippen LogP contribution in [0.15, 0.2) is 63.9 Å². The van der Waals surface area contributed by atoms with Gasteiger partial charge in [0.25, 0.3) is 5.91 Å². The summed E-state index contributed by atoms with van der Waals surface area (Å²) in [5.41, 5.74) is 2.02. The van der Waals surface area contributed by atoms with E-state index in [2.05, 4.69) is 10.3 Å². The molecule has 16 atom stereocenters. The normalized spacial score (nSPS) is 27.6. The van der Waals surface area contributed by atoms with Crippen molar-refractivity contribution in [2.75, 3.05) is 42.0 Å². The number of amides is 1. The van der Waals surface area contributed by atoms with Crippen molar-refractivity contribution in [3.05, 3.63) is 71.0 Å². The fraction of sp³-hybridized carbons (Fsp3) is 0.712. The van der Waals surface area contributed by atoms with Crippen LogP contribution in [0.5, 0.6) is 0 Å². The van der Waals surface area contributed by atoms with Crippen molar-refractivity contribution in [3.63, 3.8) is 0 Å². The van der Waals surface area contributed by atoms with E-state index in [1.165, 1.54) is 33.7 Å². The van der Waals surface area contributed by atoms with E-state index in [-0.39, 0.29) is 43.6 Å². The number of phosphoric acid groups is 1. The number of aliphatic hydroxyl groups excluding tert-OH is 4. The molecule has 1 aromatic heterocycles. The maximum atomic E-state index is 12.9. The van der Waals surface area contributed by atoms with E-state index in [1.807, 2.05) is 84.9 Å². The van der Waals surface area contributed by atoms with E-state index in [0.29, 0.717) is 18.0 Å². The molecular weight excluding hydrogens is 952 g/mol. The molecule has 0 bridgehead atoms. The van der Waals surface area contributed by atoms with E-state index in [4.69, 9.17) is 37.9 Å². The molecule has 16 unspecified atom stereocenters. The molecule has 19 nitrogen and oxygen atoms in total. The number of nitriles is 1. The van der Waals surface area contributed by atoms with Gasteiger partial charge in [0.2, 0.25) is 0 Å². The molecule has 3 heterocycles. The van der Waals surface area contributed by atoms with Crippen LogP contribution < -0.4 is 5.32 Å². The summed E-state index contributed by atoms with van der Waals surface area (Å²) in [6, 6.07) is 1.00. The molecule has 0 saturated carbocycles. The summed E-state index contributed by atoms with van der Waals surface area (Å²) in [4.78, 5) is 39.7. The van der Waals surface area contributed by atoms with Crippen LogP contribution in [0, 0.1) is 34.5 Å². The molecule has 0 aromatic carbocycles. The molecule has 1 aromatic rings. The molecule has 20 heteroatoms. The van der Waals surface area contributed by atoms with E-state index in [1.54, 1.807) is 45.8 Å². The summed E-state index contributed by atoms with van der Waals surface area (Å²) in [7, 11) is 2.76. The Bertz CT molecular complexity index is 2130. The standard InChI is InChI=1S/C52H85N4O15P/c1-30(22-23-53)18-16-19-31(2)32(3)24-33(4)44(58)37(8)42(66-14)26-43(67-15)47-48(71-72(62,63)64)51(9,10)52(70-47)27-40(57)36(7)41(69-52)21-17-20-38-28-68-50(55-38)34(5)25-35(6)54-49(61)46(60)45(59)39(29-65-13)56(11)12/h16-20,22,24,28,33-37,39-48,57-60H,21,25-27,29H2,1-15H3,(H,54,61)(H2,62,63,64). The number of carbonyl (C=O) groups is 1. The first-order valence-corrected chi connectivity index (χ1v) is 26.2. The number of nitrogens with one attached hydrogen (secondary N) is 1.